The molecule has 5 rings (SSSR count). The average molecular weight is 593 g/mol. The van der Waals surface area contributed by atoms with Crippen LogP contribution in [-0.4, -0.2) is 21.8 Å². The molecule has 5 aromatic rings. The number of esters is 1. The van der Waals surface area contributed by atoms with Gasteiger partial charge >= 0.3 is 5.97 Å². The Kier molecular flexibility index (Phi) is 8.16. The van der Waals surface area contributed by atoms with Crippen LogP contribution in [-0.2, 0) is 4.79 Å². The normalized spacial score (nSPS) is 10.8. The third kappa shape index (κ3) is 5.87. The minimum Gasteiger partial charge on any atom is -0.435 e. The van der Waals surface area contributed by atoms with E-state index in [1.54, 1.807) is 25.1 Å². The van der Waals surface area contributed by atoms with Gasteiger partial charge in [0.25, 0.3) is 5.91 Å². The Balaban J connectivity index is 1.54. The summed E-state index contributed by atoms with van der Waals surface area (Å²) in [5.74, 6) is -0.779. The summed E-state index contributed by atoms with van der Waals surface area (Å²) in [6.07, 6.45) is 1.56. The van der Waals surface area contributed by atoms with Crippen LogP contribution in [0.3, 0.4) is 0 Å². The molecule has 0 saturated carbocycles. The zero-order valence-electron chi connectivity index (χ0n) is 21.0. The molecule has 0 aliphatic carbocycles. The van der Waals surface area contributed by atoms with E-state index in [1.807, 2.05) is 54.6 Å². The van der Waals surface area contributed by atoms with Gasteiger partial charge in [-0.05, 0) is 41.5 Å². The number of halogens is 3. The van der Waals surface area contributed by atoms with Gasteiger partial charge < -0.3 is 14.5 Å². The van der Waals surface area contributed by atoms with Gasteiger partial charge in [0.2, 0.25) is 5.89 Å². The van der Waals surface area contributed by atoms with E-state index < -0.39 is 11.9 Å². The molecule has 0 radical (unpaired) electrons. The van der Waals surface area contributed by atoms with Gasteiger partial charge in [-0.3, -0.25) is 9.59 Å². The smallest absolute Gasteiger partial charge is 0.311 e. The van der Waals surface area contributed by atoms with Crippen molar-refractivity contribution in [2.24, 2.45) is 0 Å². The number of pyridine rings is 1. The lowest BCUT2D eigenvalue weighted by molar-refractivity contribution is -0.133. The van der Waals surface area contributed by atoms with Crippen molar-refractivity contribution in [3.8, 4) is 39.7 Å². The van der Waals surface area contributed by atoms with Crippen LogP contribution in [0.4, 0.5) is 5.69 Å². The van der Waals surface area contributed by atoms with Crippen molar-refractivity contribution in [2.75, 3.05) is 5.32 Å². The summed E-state index contributed by atoms with van der Waals surface area (Å²) >= 11 is 18.5. The quantitative estimate of drug-likeness (QED) is 0.116. The number of oxazole rings is 1. The van der Waals surface area contributed by atoms with Crippen LogP contribution in [0.2, 0.25) is 15.2 Å². The van der Waals surface area contributed by atoms with Gasteiger partial charge in [0.1, 0.15) is 5.15 Å². The monoisotopic (exact) mass is 591 g/mol. The van der Waals surface area contributed by atoms with E-state index in [4.69, 9.17) is 44.0 Å². The van der Waals surface area contributed by atoms with Crippen molar-refractivity contribution in [1.29, 1.82) is 0 Å². The van der Waals surface area contributed by atoms with Gasteiger partial charge in [0, 0.05) is 23.7 Å². The predicted molar refractivity (Wildman–Crippen MR) is 156 cm³/mol. The second kappa shape index (κ2) is 11.9. The maximum atomic E-state index is 13.6. The largest absolute Gasteiger partial charge is 0.435 e. The number of rotatable bonds is 7. The molecule has 1 amide bonds. The number of ether oxygens (including phenoxy) is 1. The summed E-state index contributed by atoms with van der Waals surface area (Å²) < 4.78 is 11.5. The molecule has 0 aliphatic rings. The Bertz CT molecular complexity index is 1700. The van der Waals surface area contributed by atoms with Gasteiger partial charge in [0.15, 0.2) is 17.2 Å². The van der Waals surface area contributed by atoms with Crippen molar-refractivity contribution in [2.45, 2.75) is 13.3 Å². The summed E-state index contributed by atoms with van der Waals surface area (Å²) in [7, 11) is 0. The van der Waals surface area contributed by atoms with Crippen molar-refractivity contribution in [3.05, 3.63) is 106 Å². The minimum atomic E-state index is -0.631. The Morgan fingerprint density at radius 2 is 1.55 bits per heavy atom. The first-order chi connectivity index (χ1) is 19.3. The molecule has 0 aliphatic heterocycles. The SMILES string of the molecule is CCC(=O)Oc1c(Cl)cccc1NC(=O)c1nc(-c2ccc(-c3ccccc3)cc2)oc1-c1cnc(Cl)c(Cl)c1. The Morgan fingerprint density at radius 1 is 0.850 bits per heavy atom. The molecule has 7 nitrogen and oxygen atoms in total. The van der Waals surface area contributed by atoms with E-state index in [0.717, 1.165) is 11.1 Å². The maximum absolute atomic E-state index is 13.6. The lowest BCUT2D eigenvalue weighted by Crippen LogP contribution is -2.16. The molecule has 40 heavy (non-hydrogen) atoms. The number of hydrogen-bond donors (Lipinski definition) is 1. The number of aromatic nitrogens is 2. The van der Waals surface area contributed by atoms with Gasteiger partial charge in [-0.25, -0.2) is 9.97 Å². The molecule has 1 N–H and O–H groups in total. The van der Waals surface area contributed by atoms with Crippen LogP contribution in [0.25, 0.3) is 33.9 Å². The summed E-state index contributed by atoms with van der Waals surface area (Å²) in [6, 6.07) is 23.8. The lowest BCUT2D eigenvalue weighted by Gasteiger charge is -2.12. The molecule has 0 saturated heterocycles. The second-order valence-electron chi connectivity index (χ2n) is 8.54. The number of anilines is 1. The highest BCUT2D eigenvalue weighted by Crippen LogP contribution is 2.36. The highest BCUT2D eigenvalue weighted by Gasteiger charge is 2.25. The van der Waals surface area contributed by atoms with E-state index in [0.29, 0.717) is 11.1 Å². The molecule has 10 heteroatoms. The Hall–Kier alpha value is -4.17. The van der Waals surface area contributed by atoms with Crippen LogP contribution >= 0.6 is 34.8 Å². The van der Waals surface area contributed by atoms with Gasteiger partial charge in [-0.1, -0.05) is 90.3 Å². The number of amides is 1. The minimum absolute atomic E-state index is 0.0299. The number of benzene rings is 3. The molecular formula is C30H20Cl3N3O4. The molecule has 0 spiro atoms. The van der Waals surface area contributed by atoms with Gasteiger partial charge in [-0.15, -0.1) is 0 Å². The van der Waals surface area contributed by atoms with Crippen molar-refractivity contribution in [1.82, 2.24) is 9.97 Å². The molecule has 0 atom stereocenters. The van der Waals surface area contributed by atoms with Crippen LogP contribution in [0.5, 0.6) is 5.75 Å². The zero-order chi connectivity index (χ0) is 28.2. The number of hydrogen-bond acceptors (Lipinski definition) is 6. The molecule has 0 fully saturated rings. The van der Waals surface area contributed by atoms with Crippen LogP contribution in [0.1, 0.15) is 23.8 Å². The van der Waals surface area contributed by atoms with Crippen LogP contribution < -0.4 is 10.1 Å². The first-order valence-corrected chi connectivity index (χ1v) is 13.3. The molecule has 3 aromatic carbocycles. The van der Waals surface area contributed by atoms with Gasteiger partial charge in [0.05, 0.1) is 15.7 Å². The topological polar surface area (TPSA) is 94.3 Å². The molecule has 2 aromatic heterocycles. The van der Waals surface area contributed by atoms with Crippen molar-refractivity contribution < 1.29 is 18.7 Å². The number of carbonyl (C=O) groups excluding carboxylic acids is 2. The van der Waals surface area contributed by atoms with E-state index in [1.165, 1.54) is 12.3 Å². The molecular weight excluding hydrogens is 573 g/mol. The fourth-order valence-corrected chi connectivity index (χ4v) is 4.34. The maximum Gasteiger partial charge on any atom is 0.311 e. The molecule has 0 bridgehead atoms. The van der Waals surface area contributed by atoms with E-state index >= 15 is 0 Å². The predicted octanol–water partition coefficient (Wildman–Crippen LogP) is 8.60. The lowest BCUT2D eigenvalue weighted by atomic mass is 10.0. The molecule has 200 valence electrons. The molecule has 0 unspecified atom stereocenters. The van der Waals surface area contributed by atoms with Gasteiger partial charge in [-0.2, -0.15) is 0 Å². The fourth-order valence-electron chi connectivity index (χ4n) is 3.85. The summed E-state index contributed by atoms with van der Waals surface area (Å²) in [5, 5.41) is 3.17. The Morgan fingerprint density at radius 3 is 2.25 bits per heavy atom. The second-order valence-corrected chi connectivity index (χ2v) is 9.71. The summed E-state index contributed by atoms with van der Waals surface area (Å²) in [6.45, 7) is 1.65. The van der Waals surface area contributed by atoms with E-state index in [2.05, 4.69) is 15.3 Å². The first kappa shape index (κ1) is 27.4. The van der Waals surface area contributed by atoms with E-state index in [-0.39, 0.29) is 50.4 Å². The highest BCUT2D eigenvalue weighted by molar-refractivity contribution is 6.41. The number of carbonyl (C=O) groups is 2. The standard InChI is InChI=1S/C30H20Cl3N3O4/c1-2-24(37)39-27-21(31)9-6-10-23(27)35-29(38)25-26(20-15-22(32)28(33)34-16-20)40-30(36-25)19-13-11-18(12-14-19)17-7-4-3-5-8-17/h3-16H,2H2,1H3,(H,35,38). The summed E-state index contributed by atoms with van der Waals surface area (Å²) in [4.78, 5) is 34.1. The summed E-state index contributed by atoms with van der Waals surface area (Å²) in [5.41, 5.74) is 3.25. The van der Waals surface area contributed by atoms with Crippen molar-refractivity contribution in [3.63, 3.8) is 0 Å². The highest BCUT2D eigenvalue weighted by atomic mass is 35.5. The number of nitrogens with one attached hydrogen (secondary N) is 1. The third-order valence-electron chi connectivity index (χ3n) is 5.86. The number of para-hydroxylation sites is 1. The fraction of sp³-hybridized carbons (Fsp3) is 0.0667. The zero-order valence-corrected chi connectivity index (χ0v) is 23.2. The average Bonchev–Trinajstić information content (AvgIpc) is 3.42. The molecule has 2 heterocycles. The Labute approximate surface area is 244 Å². The van der Waals surface area contributed by atoms with E-state index in [9.17, 15) is 9.59 Å². The third-order valence-corrected chi connectivity index (χ3v) is 6.84. The number of nitrogens with zero attached hydrogens (tertiary/aromatic N) is 2. The van der Waals surface area contributed by atoms with Crippen LogP contribution in [0.15, 0.2) is 89.5 Å². The van der Waals surface area contributed by atoms with Crippen molar-refractivity contribution >= 4 is 52.4 Å². The van der Waals surface area contributed by atoms with Crippen LogP contribution in [0, 0.1) is 0 Å². The first-order valence-electron chi connectivity index (χ1n) is 12.1.